The van der Waals surface area contributed by atoms with Crippen molar-refractivity contribution in [2.75, 3.05) is 13.0 Å². The molecule has 1 aromatic carbocycles. The molecule has 0 unspecified atom stereocenters. The molecule has 0 heterocycles. The van der Waals surface area contributed by atoms with E-state index in [4.69, 9.17) is 17.7 Å². The number of hydrogen-bond donors (Lipinski definition) is 0. The van der Waals surface area contributed by atoms with Crippen LogP contribution in [0.3, 0.4) is 0 Å². The van der Waals surface area contributed by atoms with Gasteiger partial charge in [0, 0.05) is 5.70 Å². The van der Waals surface area contributed by atoms with E-state index < -0.39 is 6.09 Å². The van der Waals surface area contributed by atoms with E-state index in [2.05, 4.69) is 0 Å². The minimum atomic E-state index is -0.523. The van der Waals surface area contributed by atoms with Crippen molar-refractivity contribution >= 4 is 17.7 Å². The molecule has 0 bridgehead atoms. The highest BCUT2D eigenvalue weighted by molar-refractivity contribution is 6.19. The molecule has 3 nitrogen and oxygen atoms in total. The van der Waals surface area contributed by atoms with E-state index in [0.717, 1.165) is 12.1 Å². The lowest BCUT2D eigenvalue weighted by atomic mass is 10.1. The van der Waals surface area contributed by atoms with E-state index in [1.165, 1.54) is 12.0 Å². The smallest absolute Gasteiger partial charge is 0.414 e. The molecule has 1 amide bonds. The van der Waals surface area contributed by atoms with Crippen LogP contribution in [0.4, 0.5) is 4.79 Å². The van der Waals surface area contributed by atoms with Gasteiger partial charge in [-0.3, -0.25) is 4.90 Å². The van der Waals surface area contributed by atoms with Gasteiger partial charge >= 0.3 is 6.09 Å². The first-order chi connectivity index (χ1) is 8.65. The Morgan fingerprint density at radius 1 is 1.59 bits per heavy atom. The quantitative estimate of drug-likeness (QED) is 0.769. The fourth-order valence-electron chi connectivity index (χ4n) is 1.57. The van der Waals surface area contributed by atoms with Crippen molar-refractivity contribution in [3.05, 3.63) is 48.1 Å². The van der Waals surface area contributed by atoms with Crippen molar-refractivity contribution in [1.29, 1.82) is 0 Å². The topological polar surface area (TPSA) is 29.5 Å². The van der Waals surface area contributed by atoms with E-state index in [1.807, 2.05) is 37.3 Å². The van der Waals surface area contributed by atoms with Crippen molar-refractivity contribution in [3.63, 3.8) is 0 Å². The van der Waals surface area contributed by atoms with Crippen LogP contribution < -0.4 is 0 Å². The molecule has 0 saturated carbocycles. The molecule has 1 atom stereocenters. The lowest BCUT2D eigenvalue weighted by molar-refractivity contribution is 0.124. The van der Waals surface area contributed by atoms with E-state index >= 15 is 0 Å². The maximum absolute atomic E-state index is 11.8. The number of amides is 1. The number of nitrogens with zero attached hydrogens (tertiary/aromatic N) is 1. The zero-order valence-electron chi connectivity index (χ0n) is 10.9. The lowest BCUT2D eigenvalue weighted by Crippen LogP contribution is -2.33. The van der Waals surface area contributed by atoms with Crippen molar-refractivity contribution in [3.8, 4) is 0 Å². The van der Waals surface area contributed by atoms with Gasteiger partial charge in [0.25, 0.3) is 0 Å². The predicted molar refractivity (Wildman–Crippen MR) is 69.0 cm³/mol. The first-order valence-electron chi connectivity index (χ1n) is 5.79. The Hall–Kier alpha value is -1.48. The second kappa shape index (κ2) is 6.30. The van der Waals surface area contributed by atoms with Crippen molar-refractivity contribution in [1.82, 2.24) is 4.90 Å². The minimum absolute atomic E-state index is 0.0791. The van der Waals surface area contributed by atoms with Gasteiger partial charge in [-0.1, -0.05) is 36.9 Å². The number of halogens is 1. The summed E-state index contributed by atoms with van der Waals surface area (Å²) in [4.78, 5) is 13.2. The maximum atomic E-state index is 11.8. The number of rotatable bonds is 4. The Bertz CT molecular complexity index is 422. The first kappa shape index (κ1) is 12.0. The second-order valence-corrected chi connectivity index (χ2v) is 3.82. The number of benzene rings is 1. The highest BCUT2D eigenvalue weighted by atomic mass is 35.5. The van der Waals surface area contributed by atoms with Gasteiger partial charge in [-0.15, -0.1) is 11.6 Å². The molecular weight excluding hydrogens is 238 g/mol. The number of allylic oxidation sites excluding steroid dienone is 1. The van der Waals surface area contributed by atoms with E-state index in [9.17, 15) is 4.79 Å². The van der Waals surface area contributed by atoms with Gasteiger partial charge in [-0.2, -0.15) is 0 Å². The van der Waals surface area contributed by atoms with Gasteiger partial charge < -0.3 is 4.74 Å². The highest BCUT2D eigenvalue weighted by Gasteiger charge is 2.24. The molecule has 0 radical (unpaired) electrons. The summed E-state index contributed by atoms with van der Waals surface area (Å²) in [6.45, 7) is 2.94. The molecule has 0 aliphatic carbocycles. The zero-order chi connectivity index (χ0) is 13.5. The summed E-state index contributed by atoms with van der Waals surface area (Å²) in [6.07, 6.45) is -0.523. The van der Waals surface area contributed by atoms with Crippen LogP contribution in [-0.4, -0.2) is 24.0 Å². The molecule has 0 N–H and O–H groups in total. The molecule has 1 rings (SSSR count). The van der Waals surface area contributed by atoms with Crippen LogP contribution in [0, 0.1) is 0 Å². The number of carbonyl (C=O) groups excluding carboxylic acids is 1. The first-order valence-corrected chi connectivity index (χ1v) is 5.74. The molecule has 92 valence electrons. The van der Waals surface area contributed by atoms with Crippen LogP contribution in [0.25, 0.3) is 0 Å². The minimum Gasteiger partial charge on any atom is -0.452 e. The van der Waals surface area contributed by atoms with Gasteiger partial charge in [-0.25, -0.2) is 4.79 Å². The molecule has 0 saturated heterocycles. The molecule has 0 fully saturated rings. The third-order valence-corrected chi connectivity index (χ3v) is 2.76. The van der Waals surface area contributed by atoms with Gasteiger partial charge in [0.05, 0.1) is 20.4 Å². The van der Waals surface area contributed by atoms with Crippen LogP contribution in [-0.2, 0) is 4.74 Å². The van der Waals surface area contributed by atoms with E-state index in [0.29, 0.717) is 5.70 Å². The van der Waals surface area contributed by atoms with Crippen molar-refractivity contribution < 1.29 is 10.9 Å². The monoisotopic (exact) mass is 254 g/mol. The van der Waals surface area contributed by atoms with Crippen LogP contribution >= 0.6 is 11.6 Å². The normalized spacial score (nSPS) is 13.8. The zero-order valence-corrected chi connectivity index (χ0v) is 10.6. The fourth-order valence-corrected chi connectivity index (χ4v) is 1.70. The average molecular weight is 255 g/mol. The number of hydrogen-bond acceptors (Lipinski definition) is 2. The standard InChI is InChI=1S/C13H16ClNO2/c1-10(9-14)15(13(16)17-3)11(2)12-7-5-4-6-8-12/h4-8,11H,1,9H2,2-3H3/t11-/m0/s1/i1D. The number of ether oxygens (including phenoxy) is 1. The largest absolute Gasteiger partial charge is 0.452 e. The summed E-state index contributed by atoms with van der Waals surface area (Å²) in [5.74, 6) is 0.0791. The number of carbonyl (C=O) groups is 1. The maximum Gasteiger partial charge on any atom is 0.414 e. The lowest BCUT2D eigenvalue weighted by Gasteiger charge is -2.28. The molecule has 0 spiro atoms. The molecule has 0 aromatic heterocycles. The molecule has 1 aromatic rings. The average Bonchev–Trinajstić information content (AvgIpc) is 2.44. The molecule has 0 aliphatic rings. The van der Waals surface area contributed by atoms with E-state index in [-0.39, 0.29) is 11.9 Å². The summed E-state index contributed by atoms with van der Waals surface area (Å²) in [5, 5.41) is 0. The fraction of sp³-hybridized carbons (Fsp3) is 0.308. The van der Waals surface area contributed by atoms with Gasteiger partial charge in [0.2, 0.25) is 0 Å². The SMILES string of the molecule is [2H]C=C(CCl)N(C(=O)OC)[C@@H](C)c1ccccc1. The van der Waals surface area contributed by atoms with E-state index in [1.54, 1.807) is 0 Å². The molecule has 0 aliphatic heterocycles. The van der Waals surface area contributed by atoms with Crippen LogP contribution in [0.2, 0.25) is 0 Å². The molecule has 17 heavy (non-hydrogen) atoms. The summed E-state index contributed by atoms with van der Waals surface area (Å²) >= 11 is 5.76. The Balaban J connectivity index is 3.08. The Labute approximate surface area is 108 Å². The Morgan fingerprint density at radius 3 is 2.71 bits per heavy atom. The summed E-state index contributed by atoms with van der Waals surface area (Å²) in [7, 11) is 1.31. The second-order valence-electron chi connectivity index (χ2n) is 3.55. The van der Waals surface area contributed by atoms with Gasteiger partial charge in [0.1, 0.15) is 0 Å². The number of alkyl halides is 1. The third-order valence-electron chi connectivity index (χ3n) is 2.49. The van der Waals surface area contributed by atoms with Crippen LogP contribution in [0.15, 0.2) is 42.6 Å². The highest BCUT2D eigenvalue weighted by Crippen LogP contribution is 2.24. The summed E-state index contributed by atoms with van der Waals surface area (Å²) in [5.41, 5.74) is 1.35. The van der Waals surface area contributed by atoms with Gasteiger partial charge in [0.15, 0.2) is 0 Å². The predicted octanol–water partition coefficient (Wildman–Crippen LogP) is 3.57. The third kappa shape index (κ3) is 3.24. The molecule has 4 heteroatoms. The van der Waals surface area contributed by atoms with Crippen LogP contribution in [0.1, 0.15) is 19.9 Å². The summed E-state index contributed by atoms with van der Waals surface area (Å²) in [6, 6.07) is 9.28. The number of methoxy groups -OCH3 is 1. The molecular formula is C13H16ClNO2. The Morgan fingerprint density at radius 2 is 2.24 bits per heavy atom. The van der Waals surface area contributed by atoms with Crippen LogP contribution in [0.5, 0.6) is 0 Å². The van der Waals surface area contributed by atoms with Crippen molar-refractivity contribution in [2.24, 2.45) is 0 Å². The van der Waals surface area contributed by atoms with Gasteiger partial charge in [-0.05, 0) is 12.5 Å². The van der Waals surface area contributed by atoms with Crippen molar-refractivity contribution in [2.45, 2.75) is 13.0 Å². The Kier molecular flexibility index (Phi) is 4.45. The summed E-state index contributed by atoms with van der Waals surface area (Å²) < 4.78 is 12.1.